The number of phenols is 1. The van der Waals surface area contributed by atoms with E-state index >= 15 is 0 Å². The van der Waals surface area contributed by atoms with E-state index in [0.29, 0.717) is 16.9 Å². The summed E-state index contributed by atoms with van der Waals surface area (Å²) in [5.74, 6) is -0.627. The summed E-state index contributed by atoms with van der Waals surface area (Å²) >= 11 is 0. The first-order valence-corrected chi connectivity index (χ1v) is 10.5. The molecule has 0 radical (unpaired) electrons. The third-order valence-corrected chi connectivity index (χ3v) is 5.29. The van der Waals surface area contributed by atoms with Gasteiger partial charge in [0.25, 0.3) is 0 Å². The lowest BCUT2D eigenvalue weighted by Gasteiger charge is -2.18. The first-order valence-electron chi connectivity index (χ1n) is 10.5. The molecular formula is C25H26N4O4. The van der Waals surface area contributed by atoms with Crippen LogP contribution in [0.1, 0.15) is 35.3 Å². The number of esters is 1. The SMILES string of the molecule is CCOC(=O)[C@@H](NCC(=O)Nc1c(C#N)c(C)c(C)n1-c1ccccc1)c1cccc(O)c1. The smallest absolute Gasteiger partial charge is 0.327 e. The molecule has 1 atom stereocenters. The first kappa shape index (κ1) is 23.6. The molecule has 8 nitrogen and oxygen atoms in total. The van der Waals surface area contributed by atoms with Crippen LogP contribution < -0.4 is 10.6 Å². The number of ether oxygens (including phenoxy) is 1. The van der Waals surface area contributed by atoms with Gasteiger partial charge in [-0.05, 0) is 56.2 Å². The fourth-order valence-corrected chi connectivity index (χ4v) is 3.60. The van der Waals surface area contributed by atoms with Crippen LogP contribution in [0.25, 0.3) is 5.69 Å². The molecule has 170 valence electrons. The maximum absolute atomic E-state index is 12.9. The highest BCUT2D eigenvalue weighted by Gasteiger charge is 2.24. The number of aromatic hydroxyl groups is 1. The zero-order valence-corrected chi connectivity index (χ0v) is 18.8. The summed E-state index contributed by atoms with van der Waals surface area (Å²) in [5.41, 5.74) is 3.27. The Kier molecular flexibility index (Phi) is 7.49. The zero-order valence-electron chi connectivity index (χ0n) is 18.8. The number of hydrogen-bond donors (Lipinski definition) is 3. The standard InChI is InChI=1S/C25H26N4O4/c1-4-33-25(32)23(18-9-8-12-20(30)13-18)27-15-22(31)28-24-21(14-26)16(2)17(3)29(24)19-10-6-5-7-11-19/h5-13,23,27,30H,4,15H2,1-3H3,(H,28,31)/t23-/m0/s1. The van der Waals surface area contributed by atoms with Crippen molar-refractivity contribution in [2.24, 2.45) is 0 Å². The molecule has 3 aromatic rings. The van der Waals surface area contributed by atoms with E-state index in [4.69, 9.17) is 4.74 Å². The van der Waals surface area contributed by atoms with E-state index in [2.05, 4.69) is 16.7 Å². The zero-order chi connectivity index (χ0) is 24.0. The fourth-order valence-electron chi connectivity index (χ4n) is 3.60. The molecular weight excluding hydrogens is 420 g/mol. The third-order valence-electron chi connectivity index (χ3n) is 5.29. The summed E-state index contributed by atoms with van der Waals surface area (Å²) in [6.07, 6.45) is 0. The molecule has 1 heterocycles. The Balaban J connectivity index is 1.85. The number of nitriles is 1. The number of hydrogen-bond acceptors (Lipinski definition) is 6. The van der Waals surface area contributed by atoms with Crippen LogP contribution in [0.4, 0.5) is 5.82 Å². The average Bonchev–Trinajstić information content (AvgIpc) is 3.03. The van der Waals surface area contributed by atoms with Gasteiger partial charge < -0.3 is 15.2 Å². The largest absolute Gasteiger partial charge is 0.508 e. The molecule has 33 heavy (non-hydrogen) atoms. The number of nitrogens with zero attached hydrogens (tertiary/aromatic N) is 2. The molecule has 3 N–H and O–H groups in total. The van der Waals surface area contributed by atoms with Crippen molar-refractivity contribution in [3.63, 3.8) is 0 Å². The number of carbonyl (C=O) groups is 2. The number of phenolic OH excluding ortho intramolecular Hbond substituents is 1. The Labute approximate surface area is 192 Å². The van der Waals surface area contributed by atoms with Crippen molar-refractivity contribution in [3.8, 4) is 17.5 Å². The molecule has 0 bridgehead atoms. The highest BCUT2D eigenvalue weighted by atomic mass is 16.5. The van der Waals surface area contributed by atoms with Gasteiger partial charge in [0, 0.05) is 11.4 Å². The lowest BCUT2D eigenvalue weighted by atomic mass is 10.1. The minimum absolute atomic E-state index is 0.00153. The number of amides is 1. The minimum atomic E-state index is -0.942. The Morgan fingerprint density at radius 3 is 2.52 bits per heavy atom. The van der Waals surface area contributed by atoms with E-state index < -0.39 is 17.9 Å². The Morgan fingerprint density at radius 2 is 1.88 bits per heavy atom. The van der Waals surface area contributed by atoms with Crippen LogP contribution in [-0.2, 0) is 14.3 Å². The quantitative estimate of drug-likeness (QED) is 0.456. The summed E-state index contributed by atoms with van der Waals surface area (Å²) in [6.45, 7) is 5.37. The number of nitrogens with one attached hydrogen (secondary N) is 2. The monoisotopic (exact) mass is 446 g/mol. The molecule has 8 heteroatoms. The molecule has 1 aromatic heterocycles. The van der Waals surface area contributed by atoms with Crippen molar-refractivity contribution in [2.75, 3.05) is 18.5 Å². The highest BCUT2D eigenvalue weighted by molar-refractivity contribution is 5.94. The maximum Gasteiger partial charge on any atom is 0.327 e. The van der Waals surface area contributed by atoms with Crippen molar-refractivity contribution in [3.05, 3.63) is 77.0 Å². The number of carbonyl (C=O) groups excluding carboxylic acids is 2. The van der Waals surface area contributed by atoms with Crippen LogP contribution in [0.5, 0.6) is 5.75 Å². The third kappa shape index (κ3) is 5.22. The molecule has 0 aliphatic rings. The Morgan fingerprint density at radius 1 is 1.15 bits per heavy atom. The molecule has 0 aliphatic heterocycles. The van der Waals surface area contributed by atoms with Crippen molar-refractivity contribution in [1.29, 1.82) is 5.26 Å². The molecule has 2 aromatic carbocycles. The lowest BCUT2D eigenvalue weighted by molar-refractivity contribution is -0.145. The second kappa shape index (κ2) is 10.5. The second-order valence-electron chi connectivity index (χ2n) is 7.43. The van der Waals surface area contributed by atoms with E-state index in [1.807, 2.05) is 48.7 Å². The van der Waals surface area contributed by atoms with Crippen LogP contribution >= 0.6 is 0 Å². The number of anilines is 1. The minimum Gasteiger partial charge on any atom is -0.508 e. The second-order valence-corrected chi connectivity index (χ2v) is 7.43. The van der Waals surface area contributed by atoms with E-state index in [-0.39, 0.29) is 18.9 Å². The van der Waals surface area contributed by atoms with Gasteiger partial charge in [0.2, 0.25) is 5.91 Å². The van der Waals surface area contributed by atoms with Crippen molar-refractivity contribution >= 4 is 17.7 Å². The van der Waals surface area contributed by atoms with Gasteiger partial charge in [0.15, 0.2) is 0 Å². The molecule has 3 rings (SSSR count). The molecule has 0 unspecified atom stereocenters. The van der Waals surface area contributed by atoms with Crippen LogP contribution in [0.15, 0.2) is 54.6 Å². The van der Waals surface area contributed by atoms with E-state index in [1.54, 1.807) is 19.1 Å². The van der Waals surface area contributed by atoms with Crippen molar-refractivity contribution in [1.82, 2.24) is 9.88 Å². The Bertz CT molecular complexity index is 1200. The lowest BCUT2D eigenvalue weighted by Crippen LogP contribution is -2.36. The van der Waals surface area contributed by atoms with Gasteiger partial charge in [0.05, 0.1) is 18.7 Å². The first-order chi connectivity index (χ1) is 15.9. The van der Waals surface area contributed by atoms with E-state index in [0.717, 1.165) is 16.9 Å². The molecule has 0 saturated carbocycles. The molecule has 0 spiro atoms. The number of rotatable bonds is 8. The van der Waals surface area contributed by atoms with Gasteiger partial charge in [-0.3, -0.25) is 14.7 Å². The average molecular weight is 447 g/mol. The highest BCUT2D eigenvalue weighted by Crippen LogP contribution is 2.30. The van der Waals surface area contributed by atoms with Crippen LogP contribution in [0.3, 0.4) is 0 Å². The summed E-state index contributed by atoms with van der Waals surface area (Å²) < 4.78 is 6.94. The van der Waals surface area contributed by atoms with Gasteiger partial charge in [-0.25, -0.2) is 4.79 Å². The molecule has 0 saturated heterocycles. The molecule has 0 fully saturated rings. The van der Waals surface area contributed by atoms with E-state index in [9.17, 15) is 20.0 Å². The van der Waals surface area contributed by atoms with Gasteiger partial charge in [-0.15, -0.1) is 0 Å². The van der Waals surface area contributed by atoms with Gasteiger partial charge in [-0.1, -0.05) is 30.3 Å². The molecule has 1 amide bonds. The number of para-hydroxylation sites is 1. The predicted octanol–water partition coefficient (Wildman–Crippen LogP) is 3.50. The number of benzene rings is 2. The van der Waals surface area contributed by atoms with Gasteiger partial charge in [-0.2, -0.15) is 5.26 Å². The topological polar surface area (TPSA) is 116 Å². The normalized spacial score (nSPS) is 11.5. The maximum atomic E-state index is 12.9. The van der Waals surface area contributed by atoms with E-state index in [1.165, 1.54) is 12.1 Å². The van der Waals surface area contributed by atoms with Crippen LogP contribution in [0.2, 0.25) is 0 Å². The van der Waals surface area contributed by atoms with Gasteiger partial charge in [0.1, 0.15) is 23.7 Å². The summed E-state index contributed by atoms with van der Waals surface area (Å²) in [7, 11) is 0. The van der Waals surface area contributed by atoms with Gasteiger partial charge >= 0.3 is 5.97 Å². The summed E-state index contributed by atoms with van der Waals surface area (Å²) in [5, 5.41) is 25.2. The summed E-state index contributed by atoms with van der Waals surface area (Å²) in [4.78, 5) is 25.3. The van der Waals surface area contributed by atoms with Crippen LogP contribution in [0, 0.1) is 25.2 Å². The number of aromatic nitrogens is 1. The molecule has 0 aliphatic carbocycles. The van der Waals surface area contributed by atoms with Crippen LogP contribution in [-0.4, -0.2) is 34.7 Å². The predicted molar refractivity (Wildman–Crippen MR) is 124 cm³/mol. The summed E-state index contributed by atoms with van der Waals surface area (Å²) in [6, 6.07) is 16.8. The van der Waals surface area contributed by atoms with Crippen molar-refractivity contribution < 1.29 is 19.4 Å². The van der Waals surface area contributed by atoms with Crippen molar-refractivity contribution in [2.45, 2.75) is 26.8 Å². The fraction of sp³-hybridized carbons (Fsp3) is 0.240. The Hall–Kier alpha value is -4.09.